The van der Waals surface area contributed by atoms with Crippen LogP contribution in [0.2, 0.25) is 5.02 Å². The molecule has 2 rings (SSSR count). The molecule has 0 aliphatic rings. The molecule has 0 fully saturated rings. The molecule has 158 valence electrons. The summed E-state index contributed by atoms with van der Waals surface area (Å²) in [5, 5.41) is 9.84. The van der Waals surface area contributed by atoms with E-state index in [1.807, 2.05) is 37.3 Å². The van der Waals surface area contributed by atoms with Gasteiger partial charge in [-0.3, -0.25) is 9.69 Å². The quantitative estimate of drug-likeness (QED) is 0.464. The number of aryl methyl sites for hydroxylation is 1. The van der Waals surface area contributed by atoms with Gasteiger partial charge < -0.3 is 9.84 Å². The van der Waals surface area contributed by atoms with E-state index in [9.17, 15) is 4.79 Å². The lowest BCUT2D eigenvalue weighted by Crippen LogP contribution is -2.26. The second-order valence-electron chi connectivity index (χ2n) is 7.59. The highest BCUT2D eigenvalue weighted by atomic mass is 35.5. The number of hydrogen-bond donors (Lipinski definition) is 1. The summed E-state index contributed by atoms with van der Waals surface area (Å²) in [5.41, 5.74) is 3.25. The van der Waals surface area contributed by atoms with E-state index in [4.69, 9.17) is 21.4 Å². The number of nitrogens with zero attached hydrogens (tertiary/aromatic N) is 1. The number of carboxylic acids is 1. The molecule has 0 aliphatic carbocycles. The van der Waals surface area contributed by atoms with Gasteiger partial charge in [0.05, 0.1) is 13.0 Å². The lowest BCUT2D eigenvalue weighted by Gasteiger charge is -2.23. The van der Waals surface area contributed by atoms with Crippen molar-refractivity contribution in [2.45, 2.75) is 53.1 Å². The zero-order valence-corrected chi connectivity index (χ0v) is 18.4. The van der Waals surface area contributed by atoms with Crippen molar-refractivity contribution in [3.8, 4) is 5.75 Å². The van der Waals surface area contributed by atoms with E-state index < -0.39 is 5.97 Å². The molecule has 0 heterocycles. The molecule has 0 aromatic heterocycles. The SMILES string of the molecule is CCC(CC)COc1cccc(CN(CCC(=O)O)Cc2cc(C)ccc2Cl)c1. The van der Waals surface area contributed by atoms with Gasteiger partial charge in [-0.1, -0.05) is 68.1 Å². The van der Waals surface area contributed by atoms with Gasteiger partial charge in [-0.2, -0.15) is 0 Å². The number of carbonyl (C=O) groups is 1. The molecule has 29 heavy (non-hydrogen) atoms. The number of benzene rings is 2. The third kappa shape index (κ3) is 8.08. The van der Waals surface area contributed by atoms with E-state index in [-0.39, 0.29) is 6.42 Å². The van der Waals surface area contributed by atoms with Gasteiger partial charge in [0.1, 0.15) is 5.75 Å². The van der Waals surface area contributed by atoms with E-state index in [0.29, 0.717) is 30.6 Å². The first-order valence-electron chi connectivity index (χ1n) is 10.3. The predicted octanol–water partition coefficient (Wildman–Crippen LogP) is 5.94. The molecular weight excluding hydrogens is 386 g/mol. The van der Waals surface area contributed by atoms with E-state index in [1.54, 1.807) is 0 Å². The standard InChI is InChI=1S/C24H32ClNO3/c1-4-19(5-2)17-29-22-8-6-7-20(14-22)15-26(12-11-24(27)28)16-21-13-18(3)9-10-23(21)25/h6-10,13-14,19H,4-5,11-12,15-17H2,1-3H3,(H,27,28). The van der Waals surface area contributed by atoms with Crippen LogP contribution in [-0.4, -0.2) is 29.1 Å². The van der Waals surface area contributed by atoms with Gasteiger partial charge in [0.2, 0.25) is 0 Å². The number of aliphatic carboxylic acids is 1. The fraction of sp³-hybridized carbons (Fsp3) is 0.458. The highest BCUT2D eigenvalue weighted by Crippen LogP contribution is 2.22. The summed E-state index contributed by atoms with van der Waals surface area (Å²) < 4.78 is 5.99. The third-order valence-electron chi connectivity index (χ3n) is 5.18. The number of halogens is 1. The van der Waals surface area contributed by atoms with Crippen LogP contribution in [0.3, 0.4) is 0 Å². The van der Waals surface area contributed by atoms with Crippen LogP contribution in [0.1, 0.15) is 49.8 Å². The molecule has 1 N–H and O–H groups in total. The van der Waals surface area contributed by atoms with Gasteiger partial charge in [-0.15, -0.1) is 0 Å². The topological polar surface area (TPSA) is 49.8 Å². The van der Waals surface area contributed by atoms with Crippen molar-refractivity contribution < 1.29 is 14.6 Å². The normalized spacial score (nSPS) is 11.2. The molecule has 0 spiro atoms. The maximum absolute atomic E-state index is 11.1. The molecule has 5 heteroatoms. The first-order valence-corrected chi connectivity index (χ1v) is 10.7. The summed E-state index contributed by atoms with van der Waals surface area (Å²) in [5.74, 6) is 0.628. The Morgan fingerprint density at radius 3 is 2.59 bits per heavy atom. The molecule has 2 aromatic carbocycles. The van der Waals surface area contributed by atoms with Crippen molar-refractivity contribution in [1.29, 1.82) is 0 Å². The highest BCUT2D eigenvalue weighted by Gasteiger charge is 2.13. The Hall–Kier alpha value is -2.04. The fourth-order valence-corrected chi connectivity index (χ4v) is 3.44. The van der Waals surface area contributed by atoms with Crippen LogP contribution < -0.4 is 4.74 Å². The summed E-state index contributed by atoms with van der Waals surface area (Å²) >= 11 is 6.37. The van der Waals surface area contributed by atoms with Crippen LogP contribution in [0.5, 0.6) is 5.75 Å². The molecule has 0 unspecified atom stereocenters. The van der Waals surface area contributed by atoms with Gasteiger partial charge >= 0.3 is 5.97 Å². The van der Waals surface area contributed by atoms with Crippen molar-refractivity contribution in [2.24, 2.45) is 5.92 Å². The molecule has 0 amide bonds. The summed E-state index contributed by atoms with van der Waals surface area (Å²) in [6, 6.07) is 14.0. The minimum atomic E-state index is -0.799. The Morgan fingerprint density at radius 1 is 1.14 bits per heavy atom. The van der Waals surface area contributed by atoms with E-state index in [2.05, 4.69) is 30.9 Å². The Morgan fingerprint density at radius 2 is 1.90 bits per heavy atom. The first kappa shape index (κ1) is 23.2. The van der Waals surface area contributed by atoms with Crippen molar-refractivity contribution in [1.82, 2.24) is 4.90 Å². The van der Waals surface area contributed by atoms with E-state index >= 15 is 0 Å². The molecule has 0 bridgehead atoms. The second kappa shape index (κ2) is 11.8. The molecule has 0 saturated heterocycles. The van der Waals surface area contributed by atoms with Gasteiger partial charge in [-0.05, 0) is 42.2 Å². The van der Waals surface area contributed by atoms with Crippen molar-refractivity contribution in [2.75, 3.05) is 13.2 Å². The van der Waals surface area contributed by atoms with Crippen LogP contribution in [-0.2, 0) is 17.9 Å². The van der Waals surface area contributed by atoms with Crippen molar-refractivity contribution in [3.05, 3.63) is 64.2 Å². The van der Waals surface area contributed by atoms with Crippen LogP contribution in [0.15, 0.2) is 42.5 Å². The average molecular weight is 418 g/mol. The Kier molecular flexibility index (Phi) is 9.49. The largest absolute Gasteiger partial charge is 0.493 e. The number of carboxylic acid groups (broad SMARTS) is 1. The van der Waals surface area contributed by atoms with Crippen LogP contribution in [0.25, 0.3) is 0 Å². The number of hydrogen-bond acceptors (Lipinski definition) is 3. The Labute approximate surface area is 179 Å². The molecular formula is C24H32ClNO3. The summed E-state index contributed by atoms with van der Waals surface area (Å²) in [7, 11) is 0. The lowest BCUT2D eigenvalue weighted by atomic mass is 10.1. The smallest absolute Gasteiger partial charge is 0.304 e. The van der Waals surface area contributed by atoms with Gasteiger partial charge in [0, 0.05) is 24.7 Å². The van der Waals surface area contributed by atoms with Gasteiger partial charge in [0.25, 0.3) is 0 Å². The monoisotopic (exact) mass is 417 g/mol. The maximum Gasteiger partial charge on any atom is 0.304 e. The van der Waals surface area contributed by atoms with Crippen LogP contribution in [0.4, 0.5) is 0 Å². The molecule has 0 atom stereocenters. The Bertz CT molecular complexity index is 789. The van der Waals surface area contributed by atoms with E-state index in [0.717, 1.165) is 41.9 Å². The van der Waals surface area contributed by atoms with Gasteiger partial charge in [-0.25, -0.2) is 0 Å². The second-order valence-corrected chi connectivity index (χ2v) is 8.00. The molecule has 2 aromatic rings. The maximum atomic E-state index is 11.1. The fourth-order valence-electron chi connectivity index (χ4n) is 3.26. The molecule has 0 aliphatic heterocycles. The van der Waals surface area contributed by atoms with E-state index in [1.165, 1.54) is 0 Å². The first-order chi connectivity index (χ1) is 13.9. The molecule has 0 saturated carbocycles. The van der Waals surface area contributed by atoms with Crippen molar-refractivity contribution in [3.63, 3.8) is 0 Å². The summed E-state index contributed by atoms with van der Waals surface area (Å²) in [6.45, 7) is 8.82. The molecule has 4 nitrogen and oxygen atoms in total. The summed E-state index contributed by atoms with van der Waals surface area (Å²) in [6.07, 6.45) is 2.31. The third-order valence-corrected chi connectivity index (χ3v) is 5.55. The predicted molar refractivity (Wildman–Crippen MR) is 119 cm³/mol. The van der Waals surface area contributed by atoms with Crippen LogP contribution in [0, 0.1) is 12.8 Å². The summed E-state index contributed by atoms with van der Waals surface area (Å²) in [4.78, 5) is 13.2. The zero-order chi connectivity index (χ0) is 21.2. The highest BCUT2D eigenvalue weighted by molar-refractivity contribution is 6.31. The number of ether oxygens (including phenoxy) is 1. The minimum Gasteiger partial charge on any atom is -0.493 e. The number of rotatable bonds is 12. The van der Waals surface area contributed by atoms with Crippen LogP contribution >= 0.6 is 11.6 Å². The molecule has 0 radical (unpaired) electrons. The Balaban J connectivity index is 2.10. The van der Waals surface area contributed by atoms with Gasteiger partial charge in [0.15, 0.2) is 0 Å². The average Bonchev–Trinajstić information content (AvgIpc) is 2.70. The lowest BCUT2D eigenvalue weighted by molar-refractivity contribution is -0.137. The van der Waals surface area contributed by atoms with Crippen molar-refractivity contribution >= 4 is 17.6 Å². The minimum absolute atomic E-state index is 0.0916. The zero-order valence-electron chi connectivity index (χ0n) is 17.7.